The number of fused-ring (bicyclic) bond motifs is 1. The third-order valence-electron chi connectivity index (χ3n) is 7.05. The van der Waals surface area contributed by atoms with Crippen molar-refractivity contribution in [1.29, 1.82) is 0 Å². The van der Waals surface area contributed by atoms with Gasteiger partial charge in [0.2, 0.25) is 0 Å². The summed E-state index contributed by atoms with van der Waals surface area (Å²) in [7, 11) is 0. The zero-order chi connectivity index (χ0) is 26.7. The molecule has 6 heteroatoms. The Kier molecular flexibility index (Phi) is 7.43. The van der Waals surface area contributed by atoms with Crippen LogP contribution in [0.1, 0.15) is 60.7 Å². The summed E-state index contributed by atoms with van der Waals surface area (Å²) in [5.41, 5.74) is 6.29. The Balaban J connectivity index is 1.25. The average molecular weight is 511 g/mol. The average Bonchev–Trinajstić information content (AvgIpc) is 3.52. The molecule has 1 aliphatic rings. The van der Waals surface area contributed by atoms with E-state index in [4.69, 9.17) is 0 Å². The smallest absolute Gasteiger partial charge is 0.259 e. The second-order valence-electron chi connectivity index (χ2n) is 11.1. The number of unbranched alkanes of at least 4 members (excludes halogenated alkanes) is 1. The van der Waals surface area contributed by atoms with E-state index in [2.05, 4.69) is 57.8 Å². The molecule has 1 N–H and O–H groups in total. The van der Waals surface area contributed by atoms with Gasteiger partial charge in [-0.3, -0.25) is 14.4 Å². The van der Waals surface area contributed by atoms with Crippen LogP contribution in [0.25, 0.3) is 11.3 Å². The summed E-state index contributed by atoms with van der Waals surface area (Å²) in [5, 5.41) is 7.60. The number of anilines is 1. The Morgan fingerprint density at radius 3 is 2.42 bits per heavy atom. The molecular weight excluding hydrogens is 475 g/mol. The van der Waals surface area contributed by atoms with Gasteiger partial charge in [-0.15, -0.1) is 0 Å². The third kappa shape index (κ3) is 5.86. The maximum Gasteiger partial charge on any atom is 0.259 e. The minimum absolute atomic E-state index is 0.226. The lowest BCUT2D eigenvalue weighted by Gasteiger charge is -2.23. The van der Waals surface area contributed by atoms with Crippen molar-refractivity contribution >= 4 is 11.6 Å². The minimum atomic E-state index is -0.347. The minimum Gasteiger partial charge on any atom is -0.322 e. The Labute approximate surface area is 224 Å². The SMILES string of the molecule is CC(C)(C)n1ncc(C(=O)Nc2ccc3c(c2)CN(CCCCc2ccccc2)C3)c1-c1ccc(F)cc1. The van der Waals surface area contributed by atoms with Crippen LogP contribution in [-0.4, -0.2) is 27.1 Å². The van der Waals surface area contributed by atoms with Crippen LogP contribution in [0.2, 0.25) is 0 Å². The maximum atomic E-state index is 13.6. The van der Waals surface area contributed by atoms with E-state index in [9.17, 15) is 9.18 Å². The van der Waals surface area contributed by atoms with Gasteiger partial charge in [-0.05, 0) is 99.7 Å². The van der Waals surface area contributed by atoms with Gasteiger partial charge >= 0.3 is 0 Å². The molecule has 0 radical (unpaired) electrons. The Hall–Kier alpha value is -3.77. The maximum absolute atomic E-state index is 13.6. The van der Waals surface area contributed by atoms with Crippen LogP contribution in [0.3, 0.4) is 0 Å². The monoisotopic (exact) mass is 510 g/mol. The van der Waals surface area contributed by atoms with Crippen molar-refractivity contribution in [1.82, 2.24) is 14.7 Å². The molecule has 0 unspecified atom stereocenters. The molecule has 0 saturated heterocycles. The second kappa shape index (κ2) is 10.9. The predicted octanol–water partition coefficient (Wildman–Crippen LogP) is 7.04. The molecular formula is C32H35FN4O. The molecule has 4 aromatic rings. The standard InChI is InChI=1S/C32H35FN4O/c1-32(2,3)37-30(24-12-15-27(33)16-13-24)29(20-34-37)31(38)35-28-17-14-25-21-36(22-26(25)19-28)18-8-7-11-23-9-5-4-6-10-23/h4-6,9-10,12-17,19-20H,7-8,11,18,21-22H2,1-3H3,(H,35,38). The molecule has 3 aromatic carbocycles. The highest BCUT2D eigenvalue weighted by Gasteiger charge is 2.26. The van der Waals surface area contributed by atoms with Gasteiger partial charge in [0.1, 0.15) is 5.82 Å². The number of aryl methyl sites for hydroxylation is 1. The number of carbonyl (C=O) groups is 1. The van der Waals surface area contributed by atoms with Crippen LogP contribution in [0.5, 0.6) is 0 Å². The van der Waals surface area contributed by atoms with E-state index in [1.807, 2.05) is 31.5 Å². The van der Waals surface area contributed by atoms with E-state index in [1.165, 1.54) is 35.2 Å². The number of carbonyl (C=O) groups excluding carboxylic acids is 1. The number of benzene rings is 3. The third-order valence-corrected chi connectivity index (χ3v) is 7.05. The molecule has 0 atom stereocenters. The summed E-state index contributed by atoms with van der Waals surface area (Å²) in [5.74, 6) is -0.541. The molecule has 2 heterocycles. The lowest BCUT2D eigenvalue weighted by atomic mass is 10.0. The highest BCUT2D eigenvalue weighted by atomic mass is 19.1. The van der Waals surface area contributed by atoms with Crippen molar-refractivity contribution in [3.63, 3.8) is 0 Å². The molecule has 1 aromatic heterocycles. The van der Waals surface area contributed by atoms with Gasteiger partial charge in [0, 0.05) is 24.3 Å². The van der Waals surface area contributed by atoms with Crippen molar-refractivity contribution < 1.29 is 9.18 Å². The second-order valence-corrected chi connectivity index (χ2v) is 11.1. The highest BCUT2D eigenvalue weighted by molar-refractivity contribution is 6.08. The molecule has 38 heavy (non-hydrogen) atoms. The summed E-state index contributed by atoms with van der Waals surface area (Å²) in [6, 6.07) is 23.0. The number of amides is 1. The van der Waals surface area contributed by atoms with Crippen molar-refractivity contribution in [3.8, 4) is 11.3 Å². The fourth-order valence-electron chi connectivity index (χ4n) is 5.12. The molecule has 196 valence electrons. The number of hydrogen-bond donors (Lipinski definition) is 1. The number of halogens is 1. The number of hydrogen-bond acceptors (Lipinski definition) is 3. The molecule has 0 spiro atoms. The van der Waals surface area contributed by atoms with Crippen LogP contribution in [0.15, 0.2) is 79.0 Å². The molecule has 1 amide bonds. The predicted molar refractivity (Wildman–Crippen MR) is 151 cm³/mol. The van der Waals surface area contributed by atoms with Crippen LogP contribution < -0.4 is 5.32 Å². The van der Waals surface area contributed by atoms with Gasteiger partial charge in [-0.2, -0.15) is 5.10 Å². The van der Waals surface area contributed by atoms with E-state index >= 15 is 0 Å². The van der Waals surface area contributed by atoms with Gasteiger partial charge in [0.15, 0.2) is 0 Å². The van der Waals surface area contributed by atoms with Gasteiger partial charge in [0.25, 0.3) is 5.91 Å². The molecule has 0 saturated carbocycles. The fourth-order valence-corrected chi connectivity index (χ4v) is 5.12. The van der Waals surface area contributed by atoms with Crippen molar-refractivity contribution in [2.45, 2.75) is 58.7 Å². The first-order chi connectivity index (χ1) is 18.3. The first-order valence-corrected chi connectivity index (χ1v) is 13.3. The lowest BCUT2D eigenvalue weighted by Crippen LogP contribution is -2.24. The summed E-state index contributed by atoms with van der Waals surface area (Å²) in [6.45, 7) is 9.00. The molecule has 5 nitrogen and oxygen atoms in total. The van der Waals surface area contributed by atoms with E-state index in [0.29, 0.717) is 11.3 Å². The van der Waals surface area contributed by atoms with Gasteiger partial charge < -0.3 is 5.32 Å². The van der Waals surface area contributed by atoms with Gasteiger partial charge in [-0.1, -0.05) is 36.4 Å². The normalized spacial score (nSPS) is 13.5. The number of nitrogens with zero attached hydrogens (tertiary/aromatic N) is 3. The Morgan fingerprint density at radius 2 is 1.68 bits per heavy atom. The zero-order valence-corrected chi connectivity index (χ0v) is 22.4. The number of rotatable bonds is 8. The summed E-state index contributed by atoms with van der Waals surface area (Å²) < 4.78 is 15.4. The summed E-state index contributed by atoms with van der Waals surface area (Å²) in [4.78, 5) is 15.9. The van der Waals surface area contributed by atoms with E-state index in [0.717, 1.165) is 43.7 Å². The first kappa shape index (κ1) is 25.9. The molecule has 0 fully saturated rings. The molecule has 0 aliphatic carbocycles. The van der Waals surface area contributed by atoms with Crippen LogP contribution in [0, 0.1) is 5.82 Å². The first-order valence-electron chi connectivity index (χ1n) is 13.3. The Morgan fingerprint density at radius 1 is 0.947 bits per heavy atom. The fraction of sp³-hybridized carbons (Fsp3) is 0.312. The van der Waals surface area contributed by atoms with Gasteiger partial charge in [-0.25, -0.2) is 4.39 Å². The topological polar surface area (TPSA) is 50.2 Å². The van der Waals surface area contributed by atoms with Crippen molar-refractivity contribution in [2.75, 3.05) is 11.9 Å². The van der Waals surface area contributed by atoms with E-state index in [-0.39, 0.29) is 17.3 Å². The summed E-state index contributed by atoms with van der Waals surface area (Å²) in [6.07, 6.45) is 5.06. The van der Waals surface area contributed by atoms with E-state index < -0.39 is 0 Å². The van der Waals surface area contributed by atoms with Gasteiger partial charge in [0.05, 0.1) is 23.0 Å². The van der Waals surface area contributed by atoms with Crippen LogP contribution in [0.4, 0.5) is 10.1 Å². The number of nitrogens with one attached hydrogen (secondary N) is 1. The quantitative estimate of drug-likeness (QED) is 0.259. The largest absolute Gasteiger partial charge is 0.322 e. The zero-order valence-electron chi connectivity index (χ0n) is 22.4. The number of aromatic nitrogens is 2. The lowest BCUT2D eigenvalue weighted by molar-refractivity contribution is 0.102. The summed E-state index contributed by atoms with van der Waals surface area (Å²) >= 11 is 0. The molecule has 1 aliphatic heterocycles. The van der Waals surface area contributed by atoms with Crippen LogP contribution >= 0.6 is 0 Å². The molecule has 5 rings (SSSR count). The van der Waals surface area contributed by atoms with Crippen molar-refractivity contribution in [2.24, 2.45) is 0 Å². The van der Waals surface area contributed by atoms with Crippen LogP contribution in [-0.2, 0) is 25.0 Å². The highest BCUT2D eigenvalue weighted by Crippen LogP contribution is 2.31. The molecule has 0 bridgehead atoms. The Bertz CT molecular complexity index is 1400. The van der Waals surface area contributed by atoms with Crippen molar-refractivity contribution in [3.05, 3.63) is 107 Å². The van der Waals surface area contributed by atoms with E-state index in [1.54, 1.807) is 18.3 Å².